The summed E-state index contributed by atoms with van der Waals surface area (Å²) < 4.78 is 10.5. The van der Waals surface area contributed by atoms with Gasteiger partial charge >= 0.3 is 0 Å². The van der Waals surface area contributed by atoms with Crippen molar-refractivity contribution < 1.29 is 9.47 Å². The fourth-order valence-corrected chi connectivity index (χ4v) is 0.910. The first-order chi connectivity index (χ1) is 5.83. The molecule has 65 valence electrons. The van der Waals surface area contributed by atoms with E-state index in [9.17, 15) is 0 Å². The molecule has 1 aromatic carbocycles. The first kappa shape index (κ1) is 9.07. The van der Waals surface area contributed by atoms with Crippen LogP contribution in [0, 0.1) is 6.61 Å². The quantitative estimate of drug-likeness (QED) is 0.638. The van der Waals surface area contributed by atoms with Gasteiger partial charge in [-0.25, -0.2) is 0 Å². The Morgan fingerprint density at radius 2 is 1.92 bits per heavy atom. The molecule has 1 rings (SSSR count). The van der Waals surface area contributed by atoms with Gasteiger partial charge in [-0.3, -0.25) is 0 Å². The Labute approximate surface area is 73.1 Å². The maximum atomic E-state index is 5.40. The first-order valence-electron chi connectivity index (χ1n) is 3.98. The summed E-state index contributed by atoms with van der Waals surface area (Å²) in [6, 6.07) is 9.60. The molecule has 0 spiro atoms. The molecule has 0 saturated heterocycles. The second-order valence-electron chi connectivity index (χ2n) is 2.37. The predicted octanol–water partition coefficient (Wildman–Crippen LogP) is 2.61. The molecular weight excluding hydrogens is 152 g/mol. The van der Waals surface area contributed by atoms with E-state index in [4.69, 9.17) is 9.47 Å². The third-order valence-electron chi connectivity index (χ3n) is 1.37. The molecule has 2 nitrogen and oxygen atoms in total. The van der Waals surface area contributed by atoms with Gasteiger partial charge in [0, 0.05) is 0 Å². The molecule has 0 aliphatic carbocycles. The number of para-hydroxylation sites is 1. The lowest BCUT2D eigenvalue weighted by atomic mass is 10.3. The fourth-order valence-electron chi connectivity index (χ4n) is 0.910. The number of ether oxygens (including phenoxy) is 2. The van der Waals surface area contributed by atoms with Crippen LogP contribution >= 0.6 is 0 Å². The Morgan fingerprint density at radius 1 is 1.25 bits per heavy atom. The van der Waals surface area contributed by atoms with E-state index >= 15 is 0 Å². The normalized spacial score (nSPS) is 12.5. The van der Waals surface area contributed by atoms with Crippen molar-refractivity contribution in [3.63, 3.8) is 0 Å². The van der Waals surface area contributed by atoms with Crippen LogP contribution in [0.2, 0.25) is 0 Å². The average Bonchev–Trinajstić information content (AvgIpc) is 2.06. The van der Waals surface area contributed by atoms with Gasteiger partial charge < -0.3 is 9.47 Å². The van der Waals surface area contributed by atoms with Crippen molar-refractivity contribution in [2.45, 2.75) is 20.1 Å². The van der Waals surface area contributed by atoms with E-state index < -0.39 is 0 Å². The van der Waals surface area contributed by atoms with Crippen LogP contribution in [0.3, 0.4) is 0 Å². The summed E-state index contributed by atoms with van der Waals surface area (Å²) in [4.78, 5) is 0. The summed E-state index contributed by atoms with van der Waals surface area (Å²) in [6.07, 6.45) is -0.225. The Kier molecular flexibility index (Phi) is 3.61. The van der Waals surface area contributed by atoms with E-state index in [1.54, 1.807) is 6.61 Å². The number of hydrogen-bond donors (Lipinski definition) is 0. The fraction of sp³-hybridized carbons (Fsp3) is 0.300. The van der Waals surface area contributed by atoms with Crippen LogP contribution < -0.4 is 4.74 Å². The van der Waals surface area contributed by atoms with Gasteiger partial charge in [0.15, 0.2) is 6.29 Å². The molecule has 0 aromatic heterocycles. The van der Waals surface area contributed by atoms with Gasteiger partial charge in [-0.05, 0) is 26.0 Å². The van der Waals surface area contributed by atoms with Gasteiger partial charge in [-0.2, -0.15) is 0 Å². The maximum Gasteiger partial charge on any atom is 0.197 e. The summed E-state index contributed by atoms with van der Waals surface area (Å²) in [7, 11) is 0. The summed E-state index contributed by atoms with van der Waals surface area (Å²) in [5.41, 5.74) is 0. The Balaban J connectivity index is 2.41. The second kappa shape index (κ2) is 4.78. The van der Waals surface area contributed by atoms with Gasteiger partial charge in [-0.1, -0.05) is 18.2 Å². The number of hydrogen-bond acceptors (Lipinski definition) is 2. The van der Waals surface area contributed by atoms with Crippen molar-refractivity contribution in [1.29, 1.82) is 0 Å². The Morgan fingerprint density at radius 3 is 2.50 bits per heavy atom. The van der Waals surface area contributed by atoms with Gasteiger partial charge in [0.05, 0.1) is 6.61 Å². The molecule has 0 bridgehead atoms. The molecule has 0 aliphatic heterocycles. The van der Waals surface area contributed by atoms with Crippen LogP contribution in [0.15, 0.2) is 30.3 Å². The Bertz CT molecular complexity index is 208. The van der Waals surface area contributed by atoms with Crippen LogP contribution in [-0.4, -0.2) is 6.29 Å². The number of rotatable bonds is 4. The van der Waals surface area contributed by atoms with Crippen LogP contribution in [0.1, 0.15) is 13.8 Å². The van der Waals surface area contributed by atoms with Crippen LogP contribution in [0.4, 0.5) is 0 Å². The zero-order valence-corrected chi connectivity index (χ0v) is 7.36. The van der Waals surface area contributed by atoms with Gasteiger partial charge in [0.1, 0.15) is 5.75 Å². The summed E-state index contributed by atoms with van der Waals surface area (Å²) in [5, 5.41) is 0. The van der Waals surface area contributed by atoms with E-state index in [0.29, 0.717) is 0 Å². The molecule has 0 amide bonds. The van der Waals surface area contributed by atoms with E-state index in [1.165, 1.54) is 0 Å². The highest BCUT2D eigenvalue weighted by Gasteiger charge is 2.00. The third kappa shape index (κ3) is 2.93. The largest absolute Gasteiger partial charge is 0.465 e. The first-order valence-corrected chi connectivity index (χ1v) is 3.98. The molecule has 0 aliphatic rings. The average molecular weight is 165 g/mol. The minimum atomic E-state index is -0.225. The van der Waals surface area contributed by atoms with Crippen molar-refractivity contribution in [2.75, 3.05) is 0 Å². The van der Waals surface area contributed by atoms with Crippen LogP contribution in [-0.2, 0) is 4.74 Å². The van der Waals surface area contributed by atoms with Crippen LogP contribution in [0.25, 0.3) is 0 Å². The lowest BCUT2D eigenvalue weighted by Gasteiger charge is -2.13. The van der Waals surface area contributed by atoms with E-state index in [0.717, 1.165) is 5.75 Å². The standard InChI is InChI=1S/C10H13O2/c1-3-11-9(2)12-10-7-5-4-6-8-10/h3-9H,1-2H3. The minimum absolute atomic E-state index is 0.225. The van der Waals surface area contributed by atoms with Crippen molar-refractivity contribution in [3.05, 3.63) is 36.9 Å². The highest BCUT2D eigenvalue weighted by atomic mass is 16.7. The SMILES string of the molecule is C[CH]OC(C)Oc1ccccc1. The van der Waals surface area contributed by atoms with Gasteiger partial charge in [-0.15, -0.1) is 0 Å². The molecule has 0 heterocycles. The van der Waals surface area contributed by atoms with Crippen molar-refractivity contribution in [2.24, 2.45) is 0 Å². The topological polar surface area (TPSA) is 18.5 Å². The highest BCUT2D eigenvalue weighted by molar-refractivity contribution is 5.20. The minimum Gasteiger partial charge on any atom is -0.465 e. The molecule has 0 fully saturated rings. The molecule has 1 unspecified atom stereocenters. The van der Waals surface area contributed by atoms with E-state index in [1.807, 2.05) is 44.2 Å². The van der Waals surface area contributed by atoms with Crippen molar-refractivity contribution in [3.8, 4) is 5.75 Å². The van der Waals surface area contributed by atoms with Crippen LogP contribution in [0.5, 0.6) is 5.75 Å². The molecule has 1 atom stereocenters. The maximum absolute atomic E-state index is 5.40. The lowest BCUT2D eigenvalue weighted by molar-refractivity contribution is -0.0334. The zero-order valence-electron chi connectivity index (χ0n) is 7.36. The third-order valence-corrected chi connectivity index (χ3v) is 1.37. The smallest absolute Gasteiger partial charge is 0.197 e. The summed E-state index contributed by atoms with van der Waals surface area (Å²) >= 11 is 0. The Hall–Kier alpha value is -1.02. The molecular formula is C10H13O2. The molecule has 0 saturated carbocycles. The highest BCUT2D eigenvalue weighted by Crippen LogP contribution is 2.11. The zero-order chi connectivity index (χ0) is 8.81. The van der Waals surface area contributed by atoms with E-state index in [-0.39, 0.29) is 6.29 Å². The monoisotopic (exact) mass is 165 g/mol. The molecule has 1 radical (unpaired) electrons. The number of benzene rings is 1. The van der Waals surface area contributed by atoms with Gasteiger partial charge in [0.25, 0.3) is 0 Å². The van der Waals surface area contributed by atoms with E-state index in [2.05, 4.69) is 0 Å². The molecule has 2 heteroatoms. The molecule has 12 heavy (non-hydrogen) atoms. The summed E-state index contributed by atoms with van der Waals surface area (Å²) in [6.45, 7) is 5.30. The second-order valence-corrected chi connectivity index (χ2v) is 2.37. The molecule has 1 aromatic rings. The predicted molar refractivity (Wildman–Crippen MR) is 47.6 cm³/mol. The van der Waals surface area contributed by atoms with Gasteiger partial charge in [0.2, 0.25) is 0 Å². The molecule has 0 N–H and O–H groups in total. The lowest BCUT2D eigenvalue weighted by Crippen LogP contribution is -2.13. The summed E-state index contributed by atoms with van der Waals surface area (Å²) in [5.74, 6) is 0.826. The van der Waals surface area contributed by atoms with Crippen molar-refractivity contribution >= 4 is 0 Å². The van der Waals surface area contributed by atoms with Crippen molar-refractivity contribution in [1.82, 2.24) is 0 Å².